The maximum atomic E-state index is 13.3. The van der Waals surface area contributed by atoms with Crippen LogP contribution in [0.4, 0.5) is 8.78 Å². The Morgan fingerprint density at radius 1 is 1.50 bits per heavy atom. The number of nitrogens with one attached hydrogen (secondary N) is 1. The van der Waals surface area contributed by atoms with E-state index in [1.807, 2.05) is 6.26 Å². The minimum atomic E-state index is -0.858. The zero-order valence-electron chi connectivity index (χ0n) is 11.2. The lowest BCUT2D eigenvalue weighted by molar-refractivity contribution is -0.123. The van der Waals surface area contributed by atoms with E-state index in [0.717, 1.165) is 12.1 Å². The molecule has 0 saturated carbocycles. The normalized spacial score (nSPS) is 13.7. The maximum absolute atomic E-state index is 13.3. The van der Waals surface area contributed by atoms with E-state index in [1.54, 1.807) is 6.92 Å². The second kappa shape index (κ2) is 8.06. The van der Waals surface area contributed by atoms with Crippen LogP contribution in [0.25, 0.3) is 0 Å². The minimum absolute atomic E-state index is 0.0595. The standard InChI is InChI=1S/C13H17F2NO3S/c1-8(12(6-17)20-2)16-13(18)7-19-11-4-3-9(14)5-10(11)15/h3-5,8,12,17H,6-7H2,1-2H3,(H,16,18). The van der Waals surface area contributed by atoms with Gasteiger partial charge in [-0.15, -0.1) is 0 Å². The number of rotatable bonds is 7. The molecule has 2 N–H and O–H groups in total. The molecule has 0 aliphatic heterocycles. The van der Waals surface area contributed by atoms with Gasteiger partial charge in [0.2, 0.25) is 0 Å². The fourth-order valence-corrected chi connectivity index (χ4v) is 2.19. The van der Waals surface area contributed by atoms with Crippen LogP contribution in [0.3, 0.4) is 0 Å². The van der Waals surface area contributed by atoms with Crippen LogP contribution < -0.4 is 10.1 Å². The molecular weight excluding hydrogens is 288 g/mol. The molecule has 2 atom stereocenters. The van der Waals surface area contributed by atoms with Crippen molar-refractivity contribution >= 4 is 17.7 Å². The number of amides is 1. The molecule has 112 valence electrons. The Morgan fingerprint density at radius 3 is 2.75 bits per heavy atom. The summed E-state index contributed by atoms with van der Waals surface area (Å²) in [5, 5.41) is 11.6. The SMILES string of the molecule is CSC(CO)C(C)NC(=O)COc1ccc(F)cc1F. The molecule has 1 amide bonds. The van der Waals surface area contributed by atoms with Crippen molar-refractivity contribution in [3.05, 3.63) is 29.8 Å². The Hall–Kier alpha value is -1.34. The van der Waals surface area contributed by atoms with Crippen molar-refractivity contribution in [2.24, 2.45) is 0 Å². The van der Waals surface area contributed by atoms with Crippen molar-refractivity contribution in [1.29, 1.82) is 0 Å². The molecule has 0 aliphatic rings. The molecule has 1 aromatic carbocycles. The van der Waals surface area contributed by atoms with Crippen LogP contribution in [-0.2, 0) is 4.79 Å². The lowest BCUT2D eigenvalue weighted by Gasteiger charge is -2.21. The van der Waals surface area contributed by atoms with Crippen LogP contribution in [0.1, 0.15) is 6.92 Å². The largest absolute Gasteiger partial charge is 0.481 e. The minimum Gasteiger partial charge on any atom is -0.481 e. The number of thioether (sulfide) groups is 1. The number of ether oxygens (including phenoxy) is 1. The Labute approximate surface area is 120 Å². The molecule has 0 radical (unpaired) electrons. The fourth-order valence-electron chi connectivity index (χ4n) is 1.56. The highest BCUT2D eigenvalue weighted by Crippen LogP contribution is 2.17. The third kappa shape index (κ3) is 4.97. The number of carbonyl (C=O) groups is 1. The number of hydrogen-bond donors (Lipinski definition) is 2. The van der Waals surface area contributed by atoms with Crippen LogP contribution in [0.5, 0.6) is 5.75 Å². The van der Waals surface area contributed by atoms with Crippen molar-refractivity contribution in [3.8, 4) is 5.75 Å². The first kappa shape index (κ1) is 16.7. The quantitative estimate of drug-likeness (QED) is 0.803. The van der Waals surface area contributed by atoms with E-state index in [1.165, 1.54) is 11.8 Å². The number of halogens is 2. The molecule has 4 nitrogen and oxygen atoms in total. The van der Waals surface area contributed by atoms with Crippen LogP contribution in [0.2, 0.25) is 0 Å². The molecule has 0 fully saturated rings. The highest BCUT2D eigenvalue weighted by atomic mass is 32.2. The number of hydrogen-bond acceptors (Lipinski definition) is 4. The average Bonchev–Trinajstić information content (AvgIpc) is 2.39. The van der Waals surface area contributed by atoms with Gasteiger partial charge in [-0.1, -0.05) is 0 Å². The van der Waals surface area contributed by atoms with Crippen molar-refractivity contribution in [1.82, 2.24) is 5.32 Å². The lowest BCUT2D eigenvalue weighted by atomic mass is 10.2. The van der Waals surface area contributed by atoms with Gasteiger partial charge in [0.15, 0.2) is 18.2 Å². The van der Waals surface area contributed by atoms with Crippen LogP contribution in [0, 0.1) is 11.6 Å². The van der Waals surface area contributed by atoms with Crippen LogP contribution in [0.15, 0.2) is 18.2 Å². The molecule has 0 bridgehead atoms. The molecule has 7 heteroatoms. The Balaban J connectivity index is 2.47. The van der Waals surface area contributed by atoms with E-state index in [9.17, 15) is 13.6 Å². The lowest BCUT2D eigenvalue weighted by Crippen LogP contribution is -2.43. The summed E-state index contributed by atoms with van der Waals surface area (Å²) in [6.07, 6.45) is 1.83. The zero-order valence-corrected chi connectivity index (χ0v) is 12.0. The van der Waals surface area contributed by atoms with E-state index in [2.05, 4.69) is 5.32 Å². The van der Waals surface area contributed by atoms with Crippen LogP contribution in [-0.4, -0.2) is 41.8 Å². The van der Waals surface area contributed by atoms with Crippen molar-refractivity contribution in [2.45, 2.75) is 18.2 Å². The topological polar surface area (TPSA) is 58.6 Å². The molecule has 0 saturated heterocycles. The van der Waals surface area contributed by atoms with Crippen molar-refractivity contribution < 1.29 is 23.4 Å². The summed E-state index contributed by atoms with van der Waals surface area (Å²) in [5.74, 6) is -2.19. The Morgan fingerprint density at radius 2 is 2.20 bits per heavy atom. The number of benzene rings is 1. The van der Waals surface area contributed by atoms with Gasteiger partial charge in [-0.25, -0.2) is 8.78 Å². The number of aliphatic hydroxyl groups is 1. The van der Waals surface area contributed by atoms with Gasteiger partial charge in [0, 0.05) is 17.4 Å². The molecule has 0 aliphatic carbocycles. The second-order valence-corrected chi connectivity index (χ2v) is 5.25. The number of carbonyl (C=O) groups excluding carboxylic acids is 1. The van der Waals surface area contributed by atoms with Crippen molar-refractivity contribution in [2.75, 3.05) is 19.5 Å². The van der Waals surface area contributed by atoms with Gasteiger partial charge in [0.1, 0.15) is 5.82 Å². The van der Waals surface area contributed by atoms with Gasteiger partial charge in [0.05, 0.1) is 6.61 Å². The van der Waals surface area contributed by atoms with Gasteiger partial charge in [-0.3, -0.25) is 4.79 Å². The number of aliphatic hydroxyl groups excluding tert-OH is 1. The van der Waals surface area contributed by atoms with E-state index in [4.69, 9.17) is 9.84 Å². The van der Waals surface area contributed by atoms with Gasteiger partial charge in [-0.05, 0) is 25.3 Å². The average molecular weight is 305 g/mol. The molecule has 2 unspecified atom stereocenters. The third-order valence-electron chi connectivity index (χ3n) is 2.68. The Kier molecular flexibility index (Phi) is 6.74. The molecule has 0 heterocycles. The van der Waals surface area contributed by atoms with Gasteiger partial charge in [-0.2, -0.15) is 11.8 Å². The summed E-state index contributed by atoms with van der Waals surface area (Å²) < 4.78 is 30.9. The third-order valence-corrected chi connectivity index (χ3v) is 3.84. The zero-order chi connectivity index (χ0) is 15.1. The van der Waals surface area contributed by atoms with E-state index in [-0.39, 0.29) is 30.3 Å². The Bertz CT molecular complexity index is 455. The summed E-state index contributed by atoms with van der Waals surface area (Å²) in [6, 6.07) is 2.61. The predicted octanol–water partition coefficient (Wildman–Crippen LogP) is 1.57. The maximum Gasteiger partial charge on any atom is 0.258 e. The van der Waals surface area contributed by atoms with Crippen LogP contribution >= 0.6 is 11.8 Å². The first-order valence-electron chi connectivity index (χ1n) is 5.98. The first-order valence-corrected chi connectivity index (χ1v) is 7.27. The van der Waals surface area contributed by atoms with E-state index >= 15 is 0 Å². The first-order chi connectivity index (χ1) is 9.47. The highest BCUT2D eigenvalue weighted by molar-refractivity contribution is 7.99. The monoisotopic (exact) mass is 305 g/mol. The molecule has 20 heavy (non-hydrogen) atoms. The molecule has 1 aromatic rings. The van der Waals surface area contributed by atoms with Gasteiger partial charge in [0.25, 0.3) is 5.91 Å². The summed E-state index contributed by atoms with van der Waals surface area (Å²) in [4.78, 5) is 11.6. The van der Waals surface area contributed by atoms with Gasteiger partial charge < -0.3 is 15.2 Å². The van der Waals surface area contributed by atoms with E-state index in [0.29, 0.717) is 6.07 Å². The highest BCUT2D eigenvalue weighted by Gasteiger charge is 2.17. The van der Waals surface area contributed by atoms with Gasteiger partial charge >= 0.3 is 0 Å². The smallest absolute Gasteiger partial charge is 0.258 e. The second-order valence-electron chi connectivity index (χ2n) is 4.18. The molecule has 1 rings (SSSR count). The van der Waals surface area contributed by atoms with E-state index < -0.39 is 17.5 Å². The molecule has 0 aromatic heterocycles. The fraction of sp³-hybridized carbons (Fsp3) is 0.462. The molecule has 0 spiro atoms. The summed E-state index contributed by atoms with van der Waals surface area (Å²) in [6.45, 7) is 1.32. The van der Waals surface area contributed by atoms with Crippen molar-refractivity contribution in [3.63, 3.8) is 0 Å². The summed E-state index contributed by atoms with van der Waals surface area (Å²) >= 11 is 1.43. The summed E-state index contributed by atoms with van der Waals surface area (Å²) in [5.41, 5.74) is 0. The predicted molar refractivity (Wildman–Crippen MR) is 73.8 cm³/mol. The molecular formula is C13H17F2NO3S. The summed E-state index contributed by atoms with van der Waals surface area (Å²) in [7, 11) is 0.